The van der Waals surface area contributed by atoms with Gasteiger partial charge in [0.25, 0.3) is 5.91 Å². The number of carbonyl (C=O) groups is 1. The van der Waals surface area contributed by atoms with Gasteiger partial charge in [0.1, 0.15) is 17.1 Å². The van der Waals surface area contributed by atoms with Crippen molar-refractivity contribution in [1.82, 2.24) is 20.0 Å². The Morgan fingerprint density at radius 1 is 1.38 bits per heavy atom. The third kappa shape index (κ3) is 3.25. The van der Waals surface area contributed by atoms with Gasteiger partial charge in [-0.3, -0.25) is 9.78 Å². The molecule has 7 heteroatoms. The van der Waals surface area contributed by atoms with Gasteiger partial charge in [-0.1, -0.05) is 5.16 Å². The summed E-state index contributed by atoms with van der Waals surface area (Å²) in [6.45, 7) is 5.10. The Balaban J connectivity index is 1.71. The molecule has 0 unspecified atom stereocenters. The Bertz CT molecular complexity index is 708. The average Bonchev–Trinajstić information content (AvgIpc) is 2.93. The van der Waals surface area contributed by atoms with Crippen LogP contribution in [0, 0.1) is 19.8 Å². The maximum Gasteiger partial charge on any atom is 0.259 e. The van der Waals surface area contributed by atoms with Gasteiger partial charge >= 0.3 is 0 Å². The lowest BCUT2D eigenvalue weighted by Crippen LogP contribution is -2.41. The summed E-state index contributed by atoms with van der Waals surface area (Å²) in [6, 6.07) is 0. The second kappa shape index (κ2) is 6.98. The Hall–Kier alpha value is -2.44. The van der Waals surface area contributed by atoms with Crippen LogP contribution in [0.25, 0.3) is 0 Å². The van der Waals surface area contributed by atoms with E-state index in [9.17, 15) is 4.79 Å². The molecule has 1 aliphatic rings. The molecule has 1 saturated heterocycles. The second-order valence-corrected chi connectivity index (χ2v) is 6.26. The molecule has 0 saturated carbocycles. The van der Waals surface area contributed by atoms with Crippen LogP contribution in [0.1, 0.15) is 40.3 Å². The molecule has 3 rings (SSSR count). The average molecular weight is 329 g/mol. The first kappa shape index (κ1) is 16.4. The molecular weight excluding hydrogens is 306 g/mol. The van der Waals surface area contributed by atoms with Gasteiger partial charge in [0.15, 0.2) is 0 Å². The zero-order chi connectivity index (χ0) is 17.1. The molecule has 128 valence electrons. The van der Waals surface area contributed by atoms with Gasteiger partial charge in [-0.05, 0) is 39.0 Å². The summed E-state index contributed by atoms with van der Waals surface area (Å²) in [5.74, 6) is 1.80. The van der Waals surface area contributed by atoms with Crippen LogP contribution in [0.4, 0.5) is 5.82 Å². The smallest absolute Gasteiger partial charge is 0.259 e. The number of nitrogens with zero attached hydrogens (tertiary/aromatic N) is 4. The fourth-order valence-electron chi connectivity index (χ4n) is 3.36. The van der Waals surface area contributed by atoms with Crippen molar-refractivity contribution in [2.75, 3.05) is 25.5 Å². The maximum absolute atomic E-state index is 12.8. The number of rotatable bonds is 4. The second-order valence-electron chi connectivity index (χ2n) is 6.26. The van der Waals surface area contributed by atoms with Crippen LogP contribution in [0.5, 0.6) is 0 Å². The molecule has 0 aromatic carbocycles. The summed E-state index contributed by atoms with van der Waals surface area (Å²) in [5.41, 5.74) is 2.22. The number of hydrogen-bond acceptors (Lipinski definition) is 6. The quantitative estimate of drug-likeness (QED) is 0.926. The van der Waals surface area contributed by atoms with Gasteiger partial charge in [0.05, 0.1) is 11.4 Å². The van der Waals surface area contributed by atoms with Crippen LogP contribution in [0.2, 0.25) is 0 Å². The summed E-state index contributed by atoms with van der Waals surface area (Å²) >= 11 is 0. The molecule has 1 atom stereocenters. The van der Waals surface area contributed by atoms with Crippen molar-refractivity contribution in [2.24, 2.45) is 5.92 Å². The summed E-state index contributed by atoms with van der Waals surface area (Å²) in [7, 11) is 1.85. The topological polar surface area (TPSA) is 84.2 Å². The van der Waals surface area contributed by atoms with E-state index in [1.54, 1.807) is 19.3 Å². The van der Waals surface area contributed by atoms with Crippen LogP contribution in [0.3, 0.4) is 0 Å². The number of likely N-dealkylation sites (tertiary alicyclic amines) is 1. The molecule has 2 aromatic rings. The number of hydrogen-bond donors (Lipinski definition) is 1. The number of nitrogens with one attached hydrogen (secondary N) is 1. The SMILES string of the molecule is CNc1nccnc1C[C@@H]1CCCN(C(=O)c2c(C)noc2C)C1. The van der Waals surface area contributed by atoms with Gasteiger partial charge in [0.2, 0.25) is 0 Å². The van der Waals surface area contributed by atoms with Crippen molar-refractivity contribution in [3.63, 3.8) is 0 Å². The lowest BCUT2D eigenvalue weighted by atomic mass is 9.92. The predicted molar refractivity (Wildman–Crippen MR) is 89.9 cm³/mol. The minimum Gasteiger partial charge on any atom is -0.372 e. The molecule has 1 fully saturated rings. The molecular formula is C17H23N5O2. The van der Waals surface area contributed by atoms with Crippen LogP contribution >= 0.6 is 0 Å². The first-order chi connectivity index (χ1) is 11.6. The Morgan fingerprint density at radius 2 is 2.17 bits per heavy atom. The molecule has 0 radical (unpaired) electrons. The minimum atomic E-state index is 0.0175. The van der Waals surface area contributed by atoms with E-state index in [0.717, 1.165) is 43.9 Å². The number of amides is 1. The number of piperidine rings is 1. The van der Waals surface area contributed by atoms with E-state index in [2.05, 4.69) is 20.4 Å². The third-order valence-corrected chi connectivity index (χ3v) is 4.55. The molecule has 3 heterocycles. The fraction of sp³-hybridized carbons (Fsp3) is 0.529. The highest BCUT2D eigenvalue weighted by Gasteiger charge is 2.28. The maximum atomic E-state index is 12.8. The summed E-state index contributed by atoms with van der Waals surface area (Å²) < 4.78 is 5.14. The highest BCUT2D eigenvalue weighted by molar-refractivity contribution is 5.96. The van der Waals surface area contributed by atoms with Crippen molar-refractivity contribution in [2.45, 2.75) is 33.1 Å². The van der Waals surface area contributed by atoms with Crippen molar-refractivity contribution in [3.05, 3.63) is 35.1 Å². The summed E-state index contributed by atoms with van der Waals surface area (Å²) in [4.78, 5) is 23.5. The number of carbonyl (C=O) groups excluding carboxylic acids is 1. The zero-order valence-electron chi connectivity index (χ0n) is 14.4. The van der Waals surface area contributed by atoms with E-state index < -0.39 is 0 Å². The zero-order valence-corrected chi connectivity index (χ0v) is 14.4. The Morgan fingerprint density at radius 3 is 2.88 bits per heavy atom. The van der Waals surface area contributed by atoms with Crippen LogP contribution < -0.4 is 5.32 Å². The lowest BCUT2D eigenvalue weighted by Gasteiger charge is -2.32. The molecule has 1 amide bonds. The Kier molecular flexibility index (Phi) is 4.78. The van der Waals surface area contributed by atoms with Gasteiger partial charge in [0, 0.05) is 32.5 Å². The molecule has 24 heavy (non-hydrogen) atoms. The highest BCUT2D eigenvalue weighted by Crippen LogP contribution is 2.25. The van der Waals surface area contributed by atoms with Crippen molar-refractivity contribution in [1.29, 1.82) is 0 Å². The van der Waals surface area contributed by atoms with E-state index in [-0.39, 0.29) is 5.91 Å². The van der Waals surface area contributed by atoms with E-state index in [0.29, 0.717) is 22.9 Å². The fourth-order valence-corrected chi connectivity index (χ4v) is 3.36. The summed E-state index contributed by atoms with van der Waals surface area (Å²) in [5, 5.41) is 6.97. The van der Waals surface area contributed by atoms with E-state index in [1.165, 1.54) is 0 Å². The third-order valence-electron chi connectivity index (χ3n) is 4.55. The molecule has 1 aliphatic heterocycles. The first-order valence-electron chi connectivity index (χ1n) is 8.30. The normalized spacial score (nSPS) is 17.8. The molecule has 0 bridgehead atoms. The minimum absolute atomic E-state index is 0.0175. The van der Waals surface area contributed by atoms with Gasteiger partial charge in [-0.15, -0.1) is 0 Å². The largest absolute Gasteiger partial charge is 0.372 e. The van der Waals surface area contributed by atoms with E-state index in [4.69, 9.17) is 4.52 Å². The highest BCUT2D eigenvalue weighted by atomic mass is 16.5. The molecule has 7 nitrogen and oxygen atoms in total. The van der Waals surface area contributed by atoms with Crippen LogP contribution in [-0.4, -0.2) is 46.1 Å². The van der Waals surface area contributed by atoms with Crippen molar-refractivity contribution < 1.29 is 9.32 Å². The first-order valence-corrected chi connectivity index (χ1v) is 8.30. The van der Waals surface area contributed by atoms with Gasteiger partial charge in [-0.2, -0.15) is 0 Å². The Labute approximate surface area is 141 Å². The van der Waals surface area contributed by atoms with Gasteiger partial charge in [-0.25, -0.2) is 4.98 Å². The van der Waals surface area contributed by atoms with Crippen LogP contribution in [-0.2, 0) is 6.42 Å². The standard InChI is InChI=1S/C17H23N5O2/c1-11-15(12(2)24-21-11)17(23)22-8-4-5-13(10-22)9-14-16(18-3)20-7-6-19-14/h6-7,13H,4-5,8-10H2,1-3H3,(H,18,20)/t13-/m0/s1. The molecule has 0 spiro atoms. The monoisotopic (exact) mass is 329 g/mol. The van der Waals surface area contributed by atoms with Crippen LogP contribution in [0.15, 0.2) is 16.9 Å². The number of anilines is 1. The molecule has 2 aromatic heterocycles. The molecule has 1 N–H and O–H groups in total. The lowest BCUT2D eigenvalue weighted by molar-refractivity contribution is 0.0670. The molecule has 0 aliphatic carbocycles. The predicted octanol–water partition coefficient (Wildman–Crippen LogP) is 2.22. The van der Waals surface area contributed by atoms with Gasteiger partial charge < -0.3 is 14.7 Å². The summed E-state index contributed by atoms with van der Waals surface area (Å²) in [6.07, 6.45) is 6.30. The van der Waals surface area contributed by atoms with E-state index >= 15 is 0 Å². The van der Waals surface area contributed by atoms with Crippen molar-refractivity contribution in [3.8, 4) is 0 Å². The number of aryl methyl sites for hydroxylation is 2. The van der Waals surface area contributed by atoms with Crippen molar-refractivity contribution >= 4 is 11.7 Å². The van der Waals surface area contributed by atoms with E-state index in [1.807, 2.05) is 18.9 Å². The number of aromatic nitrogens is 3.